The number of hydrogen-bond acceptors (Lipinski definition) is 1. The summed E-state index contributed by atoms with van der Waals surface area (Å²) in [7, 11) is 0. The molecule has 18 heavy (non-hydrogen) atoms. The first-order valence-electron chi connectivity index (χ1n) is 6.39. The van der Waals surface area contributed by atoms with Crippen LogP contribution in [0.1, 0.15) is 34.6 Å². The lowest BCUT2D eigenvalue weighted by molar-refractivity contribution is 1.43. The predicted molar refractivity (Wildman–Crippen MR) is 87.4 cm³/mol. The van der Waals surface area contributed by atoms with Crippen LogP contribution in [0.2, 0.25) is 0 Å². The van der Waals surface area contributed by atoms with Gasteiger partial charge in [-0.2, -0.15) is 0 Å². The fourth-order valence-corrected chi connectivity index (χ4v) is 0.866. The van der Waals surface area contributed by atoms with E-state index in [1.54, 1.807) is 12.2 Å². The molecule has 0 amide bonds. The van der Waals surface area contributed by atoms with E-state index in [-0.39, 0.29) is 0 Å². The van der Waals surface area contributed by atoms with Gasteiger partial charge in [-0.1, -0.05) is 77.8 Å². The number of rotatable bonds is 5. The van der Waals surface area contributed by atoms with Crippen molar-refractivity contribution in [2.24, 2.45) is 5.73 Å². The molecule has 2 N–H and O–H groups in total. The lowest BCUT2D eigenvalue weighted by Gasteiger charge is -1.99. The molecular formula is C17H29N. The normalized spacial score (nSPS) is 10.2. The molecule has 0 saturated carbocycles. The maximum absolute atomic E-state index is 5.42. The maximum atomic E-state index is 5.42. The van der Waals surface area contributed by atoms with Gasteiger partial charge in [0.1, 0.15) is 0 Å². The van der Waals surface area contributed by atoms with Crippen LogP contribution in [-0.4, -0.2) is 0 Å². The SMILES string of the molecule is C=C/C=C\C(=C)C(/C=C\C(=C)N)=C/C.CC.CC. The summed E-state index contributed by atoms with van der Waals surface area (Å²) in [6.07, 6.45) is 11.1. The van der Waals surface area contributed by atoms with Crippen LogP contribution in [0, 0.1) is 0 Å². The van der Waals surface area contributed by atoms with Crippen LogP contribution in [0.3, 0.4) is 0 Å². The zero-order valence-electron chi connectivity index (χ0n) is 12.7. The minimum Gasteiger partial charge on any atom is -0.399 e. The summed E-state index contributed by atoms with van der Waals surface area (Å²) in [5.41, 5.74) is 7.90. The Bertz CT molecular complexity index is 315. The van der Waals surface area contributed by atoms with E-state index in [1.807, 2.05) is 58.9 Å². The van der Waals surface area contributed by atoms with Crippen LogP contribution >= 0.6 is 0 Å². The highest BCUT2D eigenvalue weighted by atomic mass is 14.5. The molecule has 0 radical (unpaired) electrons. The Labute approximate surface area is 114 Å². The van der Waals surface area contributed by atoms with E-state index < -0.39 is 0 Å². The van der Waals surface area contributed by atoms with Crippen molar-refractivity contribution in [3.05, 3.63) is 73.0 Å². The minimum absolute atomic E-state index is 0.532. The first-order chi connectivity index (χ1) is 8.61. The molecule has 0 aromatic carbocycles. The molecule has 0 saturated heterocycles. The van der Waals surface area contributed by atoms with Gasteiger partial charge in [-0.3, -0.25) is 0 Å². The van der Waals surface area contributed by atoms with Crippen LogP contribution in [0.4, 0.5) is 0 Å². The third kappa shape index (κ3) is 14.2. The van der Waals surface area contributed by atoms with Gasteiger partial charge in [-0.15, -0.1) is 0 Å². The maximum Gasteiger partial charge on any atom is 0.0241 e. The number of allylic oxidation sites excluding steroid dienone is 8. The molecule has 0 aromatic heterocycles. The molecule has 0 atom stereocenters. The highest BCUT2D eigenvalue weighted by molar-refractivity contribution is 5.45. The summed E-state index contributed by atoms with van der Waals surface area (Å²) in [4.78, 5) is 0. The first-order valence-corrected chi connectivity index (χ1v) is 6.39. The summed E-state index contributed by atoms with van der Waals surface area (Å²) in [6, 6.07) is 0. The molecule has 0 aliphatic carbocycles. The average molecular weight is 247 g/mol. The van der Waals surface area contributed by atoms with E-state index in [0.717, 1.165) is 11.1 Å². The van der Waals surface area contributed by atoms with Gasteiger partial charge in [0.15, 0.2) is 0 Å². The molecule has 0 rings (SSSR count). The molecule has 0 bridgehead atoms. The topological polar surface area (TPSA) is 26.0 Å². The highest BCUT2D eigenvalue weighted by Crippen LogP contribution is 2.11. The zero-order chi connectivity index (χ0) is 15.0. The first kappa shape index (κ1) is 21.5. The molecule has 0 spiro atoms. The van der Waals surface area contributed by atoms with E-state index in [4.69, 9.17) is 5.73 Å². The van der Waals surface area contributed by atoms with Crippen molar-refractivity contribution < 1.29 is 0 Å². The second-order valence-corrected chi connectivity index (χ2v) is 2.77. The molecule has 0 aromatic rings. The van der Waals surface area contributed by atoms with E-state index in [1.165, 1.54) is 0 Å². The van der Waals surface area contributed by atoms with E-state index >= 15 is 0 Å². The van der Waals surface area contributed by atoms with Gasteiger partial charge in [0.2, 0.25) is 0 Å². The fraction of sp³-hybridized carbons (Fsp3) is 0.294. The second-order valence-electron chi connectivity index (χ2n) is 2.77. The Balaban J connectivity index is -0.000000506. The standard InChI is InChI=1S/C13H17N.2C2H6/c1-5-7-8-11(3)13(6-2)10-9-12(4)14;2*1-2/h5-10H,1,3-4,14H2,2H3;2*1-2H3/b8-7-,10-9-,13-6+;;. The Morgan fingerprint density at radius 1 is 0.944 bits per heavy atom. The van der Waals surface area contributed by atoms with Gasteiger partial charge in [0.05, 0.1) is 0 Å². The average Bonchev–Trinajstić information content (AvgIpc) is 2.41. The smallest absolute Gasteiger partial charge is 0.0241 e. The summed E-state index contributed by atoms with van der Waals surface area (Å²) < 4.78 is 0. The fourth-order valence-electron chi connectivity index (χ4n) is 0.866. The predicted octanol–water partition coefficient (Wildman–Crippen LogP) is 5.31. The number of nitrogens with two attached hydrogens (primary N) is 1. The molecule has 0 fully saturated rings. The molecule has 0 aliphatic heterocycles. The van der Waals surface area contributed by atoms with Gasteiger partial charge in [-0.25, -0.2) is 0 Å². The van der Waals surface area contributed by atoms with Crippen molar-refractivity contribution in [2.75, 3.05) is 0 Å². The van der Waals surface area contributed by atoms with Crippen LogP contribution < -0.4 is 5.73 Å². The van der Waals surface area contributed by atoms with Gasteiger partial charge in [0.25, 0.3) is 0 Å². The van der Waals surface area contributed by atoms with Crippen molar-refractivity contribution in [3.63, 3.8) is 0 Å². The van der Waals surface area contributed by atoms with Crippen LogP contribution in [0.25, 0.3) is 0 Å². The van der Waals surface area contributed by atoms with E-state index in [0.29, 0.717) is 5.70 Å². The lowest BCUT2D eigenvalue weighted by Crippen LogP contribution is -1.89. The Morgan fingerprint density at radius 3 is 1.78 bits per heavy atom. The Kier molecular flexibility index (Phi) is 21.1. The van der Waals surface area contributed by atoms with Crippen molar-refractivity contribution in [1.29, 1.82) is 0 Å². The lowest BCUT2D eigenvalue weighted by atomic mass is 10.1. The second kappa shape index (κ2) is 17.6. The summed E-state index contributed by atoms with van der Waals surface area (Å²) in [5, 5.41) is 0. The third-order valence-electron chi connectivity index (χ3n) is 1.59. The van der Waals surface area contributed by atoms with Crippen molar-refractivity contribution >= 4 is 0 Å². The molecule has 0 aliphatic rings. The third-order valence-corrected chi connectivity index (χ3v) is 1.59. The monoisotopic (exact) mass is 247 g/mol. The minimum atomic E-state index is 0.532. The Hall–Kier alpha value is -1.76. The van der Waals surface area contributed by atoms with Crippen LogP contribution in [0.5, 0.6) is 0 Å². The van der Waals surface area contributed by atoms with Gasteiger partial charge in [0, 0.05) is 5.70 Å². The van der Waals surface area contributed by atoms with Gasteiger partial charge < -0.3 is 5.73 Å². The molecule has 0 unspecified atom stereocenters. The Morgan fingerprint density at radius 2 is 1.44 bits per heavy atom. The van der Waals surface area contributed by atoms with Gasteiger partial charge in [-0.05, 0) is 24.1 Å². The van der Waals surface area contributed by atoms with E-state index in [9.17, 15) is 0 Å². The summed E-state index contributed by atoms with van der Waals surface area (Å²) >= 11 is 0. The van der Waals surface area contributed by atoms with Gasteiger partial charge >= 0.3 is 0 Å². The largest absolute Gasteiger partial charge is 0.399 e. The molecule has 1 nitrogen and oxygen atoms in total. The van der Waals surface area contributed by atoms with Crippen LogP contribution in [0.15, 0.2) is 73.0 Å². The van der Waals surface area contributed by atoms with Crippen LogP contribution in [-0.2, 0) is 0 Å². The van der Waals surface area contributed by atoms with E-state index in [2.05, 4.69) is 19.7 Å². The summed E-state index contributed by atoms with van der Waals surface area (Å²) in [6.45, 7) is 21.0. The molecular weight excluding hydrogens is 218 g/mol. The molecule has 102 valence electrons. The van der Waals surface area contributed by atoms with Crippen molar-refractivity contribution in [1.82, 2.24) is 0 Å². The quantitative estimate of drug-likeness (QED) is 0.654. The van der Waals surface area contributed by atoms with Crippen molar-refractivity contribution in [2.45, 2.75) is 34.6 Å². The molecule has 0 heterocycles. The molecule has 1 heteroatoms. The van der Waals surface area contributed by atoms with Crippen molar-refractivity contribution in [3.8, 4) is 0 Å². The summed E-state index contributed by atoms with van der Waals surface area (Å²) in [5.74, 6) is 0. The zero-order valence-corrected chi connectivity index (χ0v) is 12.7. The number of hydrogen-bond donors (Lipinski definition) is 1. The highest BCUT2D eigenvalue weighted by Gasteiger charge is 1.92.